The van der Waals surface area contributed by atoms with Crippen molar-refractivity contribution in [2.75, 3.05) is 5.73 Å². The minimum Gasteiger partial charge on any atom is -0.369 e. The van der Waals surface area contributed by atoms with Gasteiger partial charge in [-0.05, 0) is 15.9 Å². The number of anilines is 1. The van der Waals surface area contributed by atoms with Gasteiger partial charge >= 0.3 is 0 Å². The molecular formula is C7H5BrN4O2. The number of fused-ring (bicyclic) bond motifs is 1. The zero-order valence-electron chi connectivity index (χ0n) is 6.82. The van der Waals surface area contributed by atoms with Gasteiger partial charge in [-0.3, -0.25) is 10.1 Å². The van der Waals surface area contributed by atoms with Crippen LogP contribution in [0.15, 0.2) is 16.6 Å². The number of nitrogens with zero attached hydrogens (tertiary/aromatic N) is 2. The van der Waals surface area contributed by atoms with E-state index >= 15 is 0 Å². The molecule has 0 radical (unpaired) electrons. The van der Waals surface area contributed by atoms with Gasteiger partial charge in [-0.25, -0.2) is 4.98 Å². The fourth-order valence-electron chi connectivity index (χ4n) is 1.19. The molecule has 0 bridgehead atoms. The van der Waals surface area contributed by atoms with Crippen LogP contribution in [-0.2, 0) is 0 Å². The number of nitrogens with one attached hydrogen (secondary N) is 1. The predicted molar refractivity (Wildman–Crippen MR) is 54.9 cm³/mol. The molecule has 7 heteroatoms. The Morgan fingerprint density at radius 2 is 2.29 bits per heavy atom. The van der Waals surface area contributed by atoms with Gasteiger partial charge in [0.05, 0.1) is 14.9 Å². The molecular weight excluding hydrogens is 252 g/mol. The highest BCUT2D eigenvalue weighted by atomic mass is 79.9. The maximum Gasteiger partial charge on any atom is 0.272 e. The second-order valence-corrected chi connectivity index (χ2v) is 3.56. The Labute approximate surface area is 86.4 Å². The Kier molecular flexibility index (Phi) is 1.88. The molecule has 72 valence electrons. The molecule has 2 rings (SSSR count). The highest BCUT2D eigenvalue weighted by Gasteiger charge is 2.12. The van der Waals surface area contributed by atoms with Crippen molar-refractivity contribution in [3.8, 4) is 0 Å². The summed E-state index contributed by atoms with van der Waals surface area (Å²) in [7, 11) is 0. The van der Waals surface area contributed by atoms with Crippen molar-refractivity contribution in [1.82, 2.24) is 9.97 Å². The monoisotopic (exact) mass is 256 g/mol. The highest BCUT2D eigenvalue weighted by molar-refractivity contribution is 9.10. The molecule has 0 saturated carbocycles. The van der Waals surface area contributed by atoms with Crippen LogP contribution in [0.5, 0.6) is 0 Å². The lowest BCUT2D eigenvalue weighted by Gasteiger charge is -1.93. The molecule has 0 spiro atoms. The number of benzene rings is 1. The molecule has 3 N–H and O–H groups in total. The number of hydrogen-bond acceptors (Lipinski definition) is 4. The third kappa shape index (κ3) is 1.31. The number of H-pyrrole nitrogens is 1. The van der Waals surface area contributed by atoms with E-state index in [0.29, 0.717) is 15.5 Å². The minimum atomic E-state index is -0.471. The summed E-state index contributed by atoms with van der Waals surface area (Å²) < 4.78 is 0.551. The van der Waals surface area contributed by atoms with Gasteiger partial charge in [0.25, 0.3) is 5.69 Å². The van der Waals surface area contributed by atoms with Crippen molar-refractivity contribution in [3.63, 3.8) is 0 Å². The fraction of sp³-hybridized carbons (Fsp3) is 0. The summed E-state index contributed by atoms with van der Waals surface area (Å²) >= 11 is 3.19. The smallest absolute Gasteiger partial charge is 0.272 e. The van der Waals surface area contributed by atoms with E-state index in [4.69, 9.17) is 5.73 Å². The van der Waals surface area contributed by atoms with Crippen LogP contribution in [0.25, 0.3) is 11.0 Å². The second kappa shape index (κ2) is 2.95. The maximum absolute atomic E-state index is 10.5. The number of nitro benzene ring substituents is 1. The molecule has 0 aliphatic rings. The predicted octanol–water partition coefficient (Wildman–Crippen LogP) is 1.82. The number of aromatic amines is 1. The van der Waals surface area contributed by atoms with Gasteiger partial charge < -0.3 is 10.7 Å². The molecule has 1 aromatic heterocycles. The lowest BCUT2D eigenvalue weighted by molar-refractivity contribution is -0.384. The number of imidazole rings is 1. The van der Waals surface area contributed by atoms with Crippen molar-refractivity contribution >= 4 is 38.6 Å². The molecule has 6 nitrogen and oxygen atoms in total. The van der Waals surface area contributed by atoms with Crippen LogP contribution in [0.2, 0.25) is 0 Å². The molecule has 0 fully saturated rings. The summed E-state index contributed by atoms with van der Waals surface area (Å²) in [6.45, 7) is 0. The molecule has 14 heavy (non-hydrogen) atoms. The van der Waals surface area contributed by atoms with E-state index in [-0.39, 0.29) is 11.6 Å². The first-order chi connectivity index (χ1) is 6.58. The average molecular weight is 257 g/mol. The largest absolute Gasteiger partial charge is 0.369 e. The van der Waals surface area contributed by atoms with Gasteiger partial charge in [0.2, 0.25) is 0 Å². The van der Waals surface area contributed by atoms with Crippen LogP contribution in [0.4, 0.5) is 11.6 Å². The van der Waals surface area contributed by atoms with E-state index in [2.05, 4.69) is 25.9 Å². The van der Waals surface area contributed by atoms with E-state index in [1.165, 1.54) is 12.1 Å². The molecule has 1 aromatic carbocycles. The Morgan fingerprint density at radius 1 is 1.57 bits per heavy atom. The Hall–Kier alpha value is -1.63. The molecule has 0 saturated heterocycles. The summed E-state index contributed by atoms with van der Waals surface area (Å²) in [6.07, 6.45) is 0. The number of non-ortho nitro benzene ring substituents is 1. The standard InChI is InChI=1S/C7H5BrN4O2/c8-4-1-3(12(13)14)2-5-6(4)11-7(9)10-5/h1-2H,(H3,9,10,11). The van der Waals surface area contributed by atoms with E-state index < -0.39 is 4.92 Å². The van der Waals surface area contributed by atoms with Crippen LogP contribution in [0, 0.1) is 10.1 Å². The summed E-state index contributed by atoms with van der Waals surface area (Å²) in [5.41, 5.74) is 6.56. The van der Waals surface area contributed by atoms with Gasteiger partial charge in [0, 0.05) is 12.1 Å². The van der Waals surface area contributed by atoms with Crippen molar-refractivity contribution in [2.24, 2.45) is 0 Å². The zero-order chi connectivity index (χ0) is 10.3. The first-order valence-electron chi connectivity index (χ1n) is 3.67. The number of rotatable bonds is 1. The van der Waals surface area contributed by atoms with Crippen molar-refractivity contribution < 1.29 is 4.92 Å². The summed E-state index contributed by atoms with van der Waals surface area (Å²) in [5.74, 6) is 0.237. The third-order valence-electron chi connectivity index (χ3n) is 1.75. The Bertz CT molecular complexity index is 522. The number of aromatic nitrogens is 2. The molecule has 0 amide bonds. The normalized spacial score (nSPS) is 10.6. The molecule has 0 aliphatic heterocycles. The van der Waals surface area contributed by atoms with Gasteiger partial charge in [0.15, 0.2) is 5.95 Å². The quantitative estimate of drug-likeness (QED) is 0.601. The van der Waals surface area contributed by atoms with Crippen LogP contribution in [-0.4, -0.2) is 14.9 Å². The Balaban J connectivity index is 2.77. The summed E-state index contributed by atoms with van der Waals surface area (Å²) in [5, 5.41) is 10.5. The van der Waals surface area contributed by atoms with Crippen LogP contribution in [0.3, 0.4) is 0 Å². The molecule has 2 aromatic rings. The van der Waals surface area contributed by atoms with E-state index in [1.807, 2.05) is 0 Å². The number of halogens is 1. The molecule has 0 aliphatic carbocycles. The molecule has 0 unspecified atom stereocenters. The SMILES string of the molecule is Nc1nc2c(Br)cc([N+](=O)[O-])cc2[nH]1. The maximum atomic E-state index is 10.5. The number of nitrogens with two attached hydrogens (primary N) is 1. The lowest BCUT2D eigenvalue weighted by Crippen LogP contribution is -1.87. The molecule has 0 atom stereocenters. The lowest BCUT2D eigenvalue weighted by atomic mass is 10.3. The second-order valence-electron chi connectivity index (χ2n) is 2.70. The molecule has 1 heterocycles. The third-order valence-corrected chi connectivity index (χ3v) is 2.36. The van der Waals surface area contributed by atoms with Crippen LogP contribution in [0.1, 0.15) is 0 Å². The zero-order valence-corrected chi connectivity index (χ0v) is 8.41. The van der Waals surface area contributed by atoms with Crippen molar-refractivity contribution in [1.29, 1.82) is 0 Å². The summed E-state index contributed by atoms with van der Waals surface area (Å²) in [6, 6.07) is 2.78. The number of nitro groups is 1. The van der Waals surface area contributed by atoms with Gasteiger partial charge in [-0.1, -0.05) is 0 Å². The van der Waals surface area contributed by atoms with Gasteiger partial charge in [-0.15, -0.1) is 0 Å². The summed E-state index contributed by atoms with van der Waals surface area (Å²) in [4.78, 5) is 16.7. The number of hydrogen-bond donors (Lipinski definition) is 2. The van der Waals surface area contributed by atoms with Crippen LogP contribution < -0.4 is 5.73 Å². The van der Waals surface area contributed by atoms with Crippen molar-refractivity contribution in [3.05, 3.63) is 26.7 Å². The first kappa shape index (κ1) is 8.95. The topological polar surface area (TPSA) is 97.8 Å². The van der Waals surface area contributed by atoms with E-state index in [9.17, 15) is 10.1 Å². The van der Waals surface area contributed by atoms with Crippen LogP contribution >= 0.6 is 15.9 Å². The van der Waals surface area contributed by atoms with Gasteiger partial charge in [-0.2, -0.15) is 0 Å². The fourth-order valence-corrected chi connectivity index (χ4v) is 1.72. The van der Waals surface area contributed by atoms with E-state index in [1.54, 1.807) is 0 Å². The average Bonchev–Trinajstić information content (AvgIpc) is 2.45. The Morgan fingerprint density at radius 3 is 2.93 bits per heavy atom. The number of nitrogen functional groups attached to an aromatic ring is 1. The van der Waals surface area contributed by atoms with E-state index in [0.717, 1.165) is 0 Å². The van der Waals surface area contributed by atoms with Gasteiger partial charge in [0.1, 0.15) is 5.52 Å². The minimum absolute atomic E-state index is 0.00646. The first-order valence-corrected chi connectivity index (χ1v) is 4.46. The van der Waals surface area contributed by atoms with Crippen molar-refractivity contribution in [2.45, 2.75) is 0 Å². The highest BCUT2D eigenvalue weighted by Crippen LogP contribution is 2.28.